The van der Waals surface area contributed by atoms with Gasteiger partial charge in [-0.25, -0.2) is 9.18 Å². The first kappa shape index (κ1) is 17.2. The Labute approximate surface area is 124 Å². The first-order valence-electron chi connectivity index (χ1n) is 6.81. The predicted octanol–water partition coefficient (Wildman–Crippen LogP) is 2.49. The first-order valence-corrected chi connectivity index (χ1v) is 6.81. The van der Waals surface area contributed by atoms with Crippen LogP contribution in [0.2, 0.25) is 0 Å². The average Bonchev–Trinajstić information content (AvgIpc) is 2.36. The van der Waals surface area contributed by atoms with Crippen molar-refractivity contribution in [1.29, 1.82) is 0 Å². The molecule has 1 amide bonds. The zero-order valence-electron chi connectivity index (χ0n) is 12.9. The second-order valence-corrected chi connectivity index (χ2v) is 5.85. The summed E-state index contributed by atoms with van der Waals surface area (Å²) in [6, 6.07) is 3.80. The van der Waals surface area contributed by atoms with Crippen LogP contribution in [0.5, 0.6) is 5.75 Å². The zero-order valence-corrected chi connectivity index (χ0v) is 12.9. The van der Waals surface area contributed by atoms with E-state index in [2.05, 4.69) is 5.32 Å². The monoisotopic (exact) mass is 298 g/mol. The number of aromatic hydroxyl groups is 1. The SMILES string of the molecule is CN(CCNCc1cc(F)ccc1O)C(=O)OC(C)(C)C. The molecule has 0 heterocycles. The smallest absolute Gasteiger partial charge is 0.410 e. The van der Waals surface area contributed by atoms with Gasteiger partial charge < -0.3 is 20.1 Å². The van der Waals surface area contributed by atoms with Gasteiger partial charge in [-0.1, -0.05) is 0 Å². The normalized spacial score (nSPS) is 11.3. The summed E-state index contributed by atoms with van der Waals surface area (Å²) in [4.78, 5) is 13.2. The minimum atomic E-state index is -0.522. The molecule has 0 spiro atoms. The number of nitrogens with zero attached hydrogens (tertiary/aromatic N) is 1. The molecule has 0 aromatic heterocycles. The lowest BCUT2D eigenvalue weighted by Gasteiger charge is -2.24. The molecule has 118 valence electrons. The van der Waals surface area contributed by atoms with Crippen LogP contribution in [0.4, 0.5) is 9.18 Å². The molecule has 5 nitrogen and oxygen atoms in total. The molecule has 0 saturated heterocycles. The highest BCUT2D eigenvalue weighted by atomic mass is 19.1. The third kappa shape index (κ3) is 6.44. The van der Waals surface area contributed by atoms with E-state index in [-0.39, 0.29) is 5.75 Å². The van der Waals surface area contributed by atoms with Gasteiger partial charge in [0.1, 0.15) is 17.2 Å². The number of ether oxygens (including phenoxy) is 1. The number of phenols is 1. The van der Waals surface area contributed by atoms with Gasteiger partial charge in [0, 0.05) is 32.2 Å². The van der Waals surface area contributed by atoms with E-state index in [1.807, 2.05) is 20.8 Å². The second-order valence-electron chi connectivity index (χ2n) is 5.85. The van der Waals surface area contributed by atoms with Crippen LogP contribution < -0.4 is 5.32 Å². The largest absolute Gasteiger partial charge is 0.508 e. The molecule has 0 unspecified atom stereocenters. The summed E-state index contributed by atoms with van der Waals surface area (Å²) in [6.07, 6.45) is -0.391. The van der Waals surface area contributed by atoms with Crippen LogP contribution in [0.25, 0.3) is 0 Å². The summed E-state index contributed by atoms with van der Waals surface area (Å²) in [5, 5.41) is 12.6. The van der Waals surface area contributed by atoms with Crippen molar-refractivity contribution in [2.24, 2.45) is 0 Å². The Hall–Kier alpha value is -1.82. The van der Waals surface area contributed by atoms with E-state index in [0.29, 0.717) is 25.2 Å². The molecule has 6 heteroatoms. The Balaban J connectivity index is 2.34. The predicted molar refractivity (Wildman–Crippen MR) is 78.6 cm³/mol. The van der Waals surface area contributed by atoms with Gasteiger partial charge in [0.25, 0.3) is 0 Å². The van der Waals surface area contributed by atoms with Gasteiger partial charge in [0.15, 0.2) is 0 Å². The van der Waals surface area contributed by atoms with E-state index < -0.39 is 17.5 Å². The summed E-state index contributed by atoms with van der Waals surface area (Å²) >= 11 is 0. The quantitative estimate of drug-likeness (QED) is 0.820. The van der Waals surface area contributed by atoms with E-state index in [4.69, 9.17) is 4.74 Å². The van der Waals surface area contributed by atoms with Gasteiger partial charge in [0.2, 0.25) is 0 Å². The molecule has 0 bridgehead atoms. The van der Waals surface area contributed by atoms with Crippen molar-refractivity contribution in [3.63, 3.8) is 0 Å². The molecule has 1 aromatic rings. The number of benzene rings is 1. The van der Waals surface area contributed by atoms with Crippen molar-refractivity contribution in [2.75, 3.05) is 20.1 Å². The Morgan fingerprint density at radius 3 is 2.71 bits per heavy atom. The lowest BCUT2D eigenvalue weighted by molar-refractivity contribution is 0.0300. The molecule has 0 radical (unpaired) electrons. The van der Waals surface area contributed by atoms with Crippen LogP contribution in [0, 0.1) is 5.82 Å². The Bertz CT molecular complexity index is 486. The number of phenolic OH excluding ortho intramolecular Hbond substituents is 1. The Kier molecular flexibility index (Phi) is 5.96. The fraction of sp³-hybridized carbons (Fsp3) is 0.533. The molecular weight excluding hydrogens is 275 g/mol. The van der Waals surface area contributed by atoms with Crippen molar-refractivity contribution in [1.82, 2.24) is 10.2 Å². The molecular formula is C15H23FN2O3. The minimum Gasteiger partial charge on any atom is -0.508 e. The summed E-state index contributed by atoms with van der Waals surface area (Å²) in [5.74, 6) is -0.347. The van der Waals surface area contributed by atoms with Gasteiger partial charge in [-0.05, 0) is 39.0 Å². The molecule has 0 saturated carbocycles. The fourth-order valence-electron chi connectivity index (χ4n) is 1.60. The lowest BCUT2D eigenvalue weighted by Crippen LogP contribution is -2.37. The standard InChI is InChI=1S/C15H23FN2O3/c1-15(2,3)21-14(20)18(4)8-7-17-10-11-9-12(16)5-6-13(11)19/h5-6,9,17,19H,7-8,10H2,1-4H3. The minimum absolute atomic E-state index is 0.0457. The maximum absolute atomic E-state index is 13.0. The molecule has 21 heavy (non-hydrogen) atoms. The van der Waals surface area contributed by atoms with Crippen LogP contribution in [-0.4, -0.2) is 41.8 Å². The van der Waals surface area contributed by atoms with Gasteiger partial charge in [0.05, 0.1) is 0 Å². The molecule has 2 N–H and O–H groups in total. The summed E-state index contributed by atoms with van der Waals surface area (Å²) in [6.45, 7) is 6.71. The summed E-state index contributed by atoms with van der Waals surface area (Å²) in [5.41, 5.74) is -0.0403. The average molecular weight is 298 g/mol. The highest BCUT2D eigenvalue weighted by Gasteiger charge is 2.19. The van der Waals surface area contributed by atoms with Crippen molar-refractivity contribution >= 4 is 6.09 Å². The van der Waals surface area contributed by atoms with Crippen LogP contribution >= 0.6 is 0 Å². The highest BCUT2D eigenvalue weighted by Crippen LogP contribution is 2.17. The number of hydrogen-bond acceptors (Lipinski definition) is 4. The van der Waals surface area contributed by atoms with Gasteiger partial charge in [-0.2, -0.15) is 0 Å². The molecule has 1 rings (SSSR count). The number of likely N-dealkylation sites (N-methyl/N-ethyl adjacent to an activating group) is 1. The number of rotatable bonds is 5. The molecule has 0 aliphatic rings. The van der Waals surface area contributed by atoms with E-state index in [0.717, 1.165) is 0 Å². The Morgan fingerprint density at radius 2 is 2.10 bits per heavy atom. The maximum atomic E-state index is 13.0. The third-order valence-electron chi connectivity index (χ3n) is 2.69. The molecule has 0 fully saturated rings. The van der Waals surface area contributed by atoms with E-state index in [9.17, 15) is 14.3 Å². The van der Waals surface area contributed by atoms with Crippen molar-refractivity contribution < 1.29 is 19.0 Å². The highest BCUT2D eigenvalue weighted by molar-refractivity contribution is 5.67. The fourth-order valence-corrected chi connectivity index (χ4v) is 1.60. The number of carbonyl (C=O) groups is 1. The van der Waals surface area contributed by atoms with Crippen molar-refractivity contribution in [3.8, 4) is 5.75 Å². The Morgan fingerprint density at radius 1 is 1.43 bits per heavy atom. The van der Waals surface area contributed by atoms with Crippen LogP contribution in [0.3, 0.4) is 0 Å². The molecule has 1 aromatic carbocycles. The summed E-state index contributed by atoms with van der Waals surface area (Å²) in [7, 11) is 1.65. The number of nitrogens with one attached hydrogen (secondary N) is 1. The number of amides is 1. The molecule has 0 aliphatic heterocycles. The van der Waals surface area contributed by atoms with Crippen LogP contribution in [0.15, 0.2) is 18.2 Å². The third-order valence-corrected chi connectivity index (χ3v) is 2.69. The summed E-state index contributed by atoms with van der Waals surface area (Å²) < 4.78 is 18.3. The van der Waals surface area contributed by atoms with E-state index in [1.165, 1.54) is 23.1 Å². The maximum Gasteiger partial charge on any atom is 0.410 e. The topological polar surface area (TPSA) is 61.8 Å². The zero-order chi connectivity index (χ0) is 16.0. The van der Waals surface area contributed by atoms with Crippen molar-refractivity contribution in [3.05, 3.63) is 29.6 Å². The molecule has 0 atom stereocenters. The molecule has 0 aliphatic carbocycles. The van der Waals surface area contributed by atoms with Gasteiger partial charge in [-0.15, -0.1) is 0 Å². The number of halogens is 1. The number of carbonyl (C=O) groups excluding carboxylic acids is 1. The van der Waals surface area contributed by atoms with Crippen LogP contribution in [0.1, 0.15) is 26.3 Å². The second kappa shape index (κ2) is 7.26. The van der Waals surface area contributed by atoms with Crippen molar-refractivity contribution in [2.45, 2.75) is 32.9 Å². The first-order chi connectivity index (χ1) is 9.69. The lowest BCUT2D eigenvalue weighted by atomic mass is 10.2. The van der Waals surface area contributed by atoms with Gasteiger partial charge >= 0.3 is 6.09 Å². The van der Waals surface area contributed by atoms with Gasteiger partial charge in [-0.3, -0.25) is 0 Å². The number of hydrogen-bond donors (Lipinski definition) is 2. The van der Waals surface area contributed by atoms with Crippen LogP contribution in [-0.2, 0) is 11.3 Å². The van der Waals surface area contributed by atoms with E-state index in [1.54, 1.807) is 7.05 Å². The van der Waals surface area contributed by atoms with E-state index >= 15 is 0 Å².